The Morgan fingerprint density at radius 2 is 2.24 bits per heavy atom. The molecule has 2 heterocycles. The van der Waals surface area contributed by atoms with Crippen LogP contribution in [0.25, 0.3) is 0 Å². The second-order valence-corrected chi connectivity index (χ2v) is 5.55. The fourth-order valence-corrected chi connectivity index (χ4v) is 3.55. The average molecular weight is 233 g/mol. The Morgan fingerprint density at radius 1 is 1.41 bits per heavy atom. The lowest BCUT2D eigenvalue weighted by Gasteiger charge is -2.36. The summed E-state index contributed by atoms with van der Waals surface area (Å²) < 4.78 is 2.43. The van der Waals surface area contributed by atoms with Crippen molar-refractivity contribution in [2.45, 2.75) is 64.0 Å². The van der Waals surface area contributed by atoms with Crippen molar-refractivity contribution in [3.63, 3.8) is 0 Å². The van der Waals surface area contributed by atoms with Gasteiger partial charge in [-0.3, -0.25) is 0 Å². The van der Waals surface area contributed by atoms with Gasteiger partial charge in [-0.2, -0.15) is 0 Å². The number of rotatable bonds is 3. The quantitative estimate of drug-likeness (QED) is 0.869. The summed E-state index contributed by atoms with van der Waals surface area (Å²) in [6, 6.07) is 0. The zero-order valence-corrected chi connectivity index (χ0v) is 10.8. The highest BCUT2D eigenvalue weighted by Crippen LogP contribution is 2.41. The van der Waals surface area contributed by atoms with Gasteiger partial charge in [0.2, 0.25) is 0 Å². The minimum Gasteiger partial charge on any atom is -0.333 e. The first-order chi connectivity index (χ1) is 8.36. The van der Waals surface area contributed by atoms with Gasteiger partial charge in [-0.05, 0) is 19.3 Å². The van der Waals surface area contributed by atoms with Gasteiger partial charge in [0.15, 0.2) is 0 Å². The number of hydrogen-bond donors (Lipinski definition) is 1. The fraction of sp³-hybridized carbons (Fsp3) is 0.786. The molecule has 0 bridgehead atoms. The summed E-state index contributed by atoms with van der Waals surface area (Å²) in [5, 5.41) is 3.79. The number of hydrogen-bond acceptors (Lipinski definition) is 2. The molecule has 1 spiro atoms. The number of unbranched alkanes of at least 4 members (excludes halogenated alkanes) is 1. The summed E-state index contributed by atoms with van der Waals surface area (Å²) >= 11 is 0. The molecule has 17 heavy (non-hydrogen) atoms. The predicted octanol–water partition coefficient (Wildman–Crippen LogP) is 2.60. The van der Waals surface area contributed by atoms with E-state index in [1.807, 2.05) is 0 Å². The number of nitrogens with zero attached hydrogens (tertiary/aromatic N) is 2. The second-order valence-electron chi connectivity index (χ2n) is 5.55. The van der Waals surface area contributed by atoms with Crippen LogP contribution in [0.4, 0.5) is 0 Å². The number of fused-ring (bicyclic) bond motifs is 2. The molecular weight excluding hydrogens is 210 g/mol. The Hall–Kier alpha value is -0.830. The van der Waals surface area contributed by atoms with E-state index in [2.05, 4.69) is 28.1 Å². The molecule has 0 aromatic carbocycles. The van der Waals surface area contributed by atoms with Crippen LogP contribution >= 0.6 is 0 Å². The van der Waals surface area contributed by atoms with Gasteiger partial charge in [-0.25, -0.2) is 4.98 Å². The molecular formula is C14H23N3. The molecule has 1 aliphatic heterocycles. The summed E-state index contributed by atoms with van der Waals surface area (Å²) in [7, 11) is 0. The van der Waals surface area contributed by atoms with Crippen molar-refractivity contribution in [1.82, 2.24) is 14.9 Å². The third-order valence-electron chi connectivity index (χ3n) is 4.40. The first kappa shape index (κ1) is 11.3. The number of nitrogens with one attached hydrogen (secondary N) is 1. The van der Waals surface area contributed by atoms with Crippen LogP contribution in [-0.2, 0) is 18.5 Å². The number of aryl methyl sites for hydroxylation is 1. The third kappa shape index (κ3) is 1.81. The molecule has 3 heteroatoms. The van der Waals surface area contributed by atoms with Crippen LogP contribution in [0.15, 0.2) is 6.33 Å². The zero-order valence-electron chi connectivity index (χ0n) is 10.8. The van der Waals surface area contributed by atoms with Crippen molar-refractivity contribution in [2.75, 3.05) is 6.54 Å². The highest BCUT2D eigenvalue weighted by atomic mass is 15.1. The van der Waals surface area contributed by atoms with Gasteiger partial charge in [-0.1, -0.05) is 26.2 Å². The van der Waals surface area contributed by atoms with Crippen LogP contribution in [0.3, 0.4) is 0 Å². The van der Waals surface area contributed by atoms with E-state index in [1.165, 1.54) is 49.9 Å². The monoisotopic (exact) mass is 233 g/mol. The van der Waals surface area contributed by atoms with E-state index >= 15 is 0 Å². The summed E-state index contributed by atoms with van der Waals surface area (Å²) in [4.78, 5) is 4.65. The van der Waals surface area contributed by atoms with Crippen molar-refractivity contribution < 1.29 is 0 Å². The lowest BCUT2D eigenvalue weighted by molar-refractivity contribution is 0.300. The van der Waals surface area contributed by atoms with Gasteiger partial charge in [-0.15, -0.1) is 0 Å². The molecule has 1 saturated carbocycles. The lowest BCUT2D eigenvalue weighted by atomic mass is 9.87. The topological polar surface area (TPSA) is 29.9 Å². The van der Waals surface area contributed by atoms with E-state index in [0.717, 1.165) is 19.5 Å². The molecule has 0 unspecified atom stereocenters. The molecule has 3 rings (SSSR count). The van der Waals surface area contributed by atoms with Crippen LogP contribution in [-0.4, -0.2) is 16.1 Å². The minimum atomic E-state index is 0.276. The van der Waals surface area contributed by atoms with E-state index < -0.39 is 0 Å². The smallest absolute Gasteiger partial charge is 0.0952 e. The Balaban J connectivity index is 1.96. The Bertz CT molecular complexity index is 388. The first-order valence-electron chi connectivity index (χ1n) is 7.15. The molecule has 94 valence electrons. The predicted molar refractivity (Wildman–Crippen MR) is 69.0 cm³/mol. The maximum Gasteiger partial charge on any atom is 0.0952 e. The molecule has 1 aliphatic carbocycles. The highest BCUT2D eigenvalue weighted by molar-refractivity contribution is 5.28. The molecule has 1 aromatic rings. The average Bonchev–Trinajstić information content (AvgIpc) is 2.95. The molecule has 2 aliphatic rings. The van der Waals surface area contributed by atoms with Gasteiger partial charge in [0.1, 0.15) is 0 Å². The second kappa shape index (κ2) is 4.45. The minimum absolute atomic E-state index is 0.276. The molecule has 0 atom stereocenters. The van der Waals surface area contributed by atoms with Crippen molar-refractivity contribution in [1.29, 1.82) is 0 Å². The Kier molecular flexibility index (Phi) is 2.95. The summed E-state index contributed by atoms with van der Waals surface area (Å²) in [6.07, 6.45) is 11.0. The first-order valence-corrected chi connectivity index (χ1v) is 7.15. The molecule has 0 radical (unpaired) electrons. The maximum absolute atomic E-state index is 4.65. The van der Waals surface area contributed by atoms with Crippen LogP contribution in [0.5, 0.6) is 0 Å². The maximum atomic E-state index is 4.65. The van der Waals surface area contributed by atoms with E-state index in [4.69, 9.17) is 0 Å². The van der Waals surface area contributed by atoms with E-state index in [9.17, 15) is 0 Å². The van der Waals surface area contributed by atoms with Crippen LogP contribution < -0.4 is 5.32 Å². The zero-order chi connectivity index (χ0) is 11.7. The van der Waals surface area contributed by atoms with Gasteiger partial charge < -0.3 is 9.88 Å². The summed E-state index contributed by atoms with van der Waals surface area (Å²) in [6.45, 7) is 4.51. The van der Waals surface area contributed by atoms with Gasteiger partial charge in [0.25, 0.3) is 0 Å². The van der Waals surface area contributed by atoms with Gasteiger partial charge >= 0.3 is 0 Å². The van der Waals surface area contributed by atoms with E-state index in [0.29, 0.717) is 0 Å². The van der Waals surface area contributed by atoms with Crippen LogP contribution in [0.1, 0.15) is 56.8 Å². The van der Waals surface area contributed by atoms with Crippen molar-refractivity contribution >= 4 is 0 Å². The lowest BCUT2D eigenvalue weighted by Crippen LogP contribution is -2.46. The summed E-state index contributed by atoms with van der Waals surface area (Å²) in [5.41, 5.74) is 3.16. The van der Waals surface area contributed by atoms with Gasteiger partial charge in [0.05, 0.1) is 23.3 Å². The van der Waals surface area contributed by atoms with Crippen molar-refractivity contribution in [3.8, 4) is 0 Å². The summed E-state index contributed by atoms with van der Waals surface area (Å²) in [5.74, 6) is 0. The van der Waals surface area contributed by atoms with E-state index in [-0.39, 0.29) is 5.54 Å². The SMILES string of the molecule is CCCCn1cnc2c1C1(CCCC1)NCC2. The number of aromatic nitrogens is 2. The molecule has 1 fully saturated rings. The Morgan fingerprint density at radius 3 is 3.00 bits per heavy atom. The standard InChI is InChI=1S/C14H23N3/c1-2-3-10-17-11-15-12-6-9-16-14(13(12)17)7-4-5-8-14/h11,16H,2-10H2,1H3. The Labute approximate surface area is 104 Å². The third-order valence-corrected chi connectivity index (χ3v) is 4.40. The molecule has 0 amide bonds. The van der Waals surface area contributed by atoms with Gasteiger partial charge in [0, 0.05) is 19.5 Å². The van der Waals surface area contributed by atoms with Crippen LogP contribution in [0, 0.1) is 0 Å². The van der Waals surface area contributed by atoms with Crippen molar-refractivity contribution in [2.24, 2.45) is 0 Å². The molecule has 0 saturated heterocycles. The fourth-order valence-electron chi connectivity index (χ4n) is 3.55. The normalized spacial score (nSPS) is 21.9. The van der Waals surface area contributed by atoms with Crippen molar-refractivity contribution in [3.05, 3.63) is 17.7 Å². The largest absolute Gasteiger partial charge is 0.333 e. The number of imidazole rings is 1. The highest BCUT2D eigenvalue weighted by Gasteiger charge is 2.41. The van der Waals surface area contributed by atoms with E-state index in [1.54, 1.807) is 0 Å². The van der Waals surface area contributed by atoms with Crippen LogP contribution in [0.2, 0.25) is 0 Å². The molecule has 1 N–H and O–H groups in total. The molecule has 1 aromatic heterocycles. The molecule has 3 nitrogen and oxygen atoms in total.